The molecule has 2 atom stereocenters. The van der Waals surface area contributed by atoms with Gasteiger partial charge in [-0.2, -0.15) is 0 Å². The Bertz CT molecular complexity index is 247. The van der Waals surface area contributed by atoms with Crippen LogP contribution in [0.1, 0.15) is 19.6 Å². The summed E-state index contributed by atoms with van der Waals surface area (Å²) in [6.07, 6.45) is 0. The molecular formula is C8H8S2Te. The van der Waals surface area contributed by atoms with E-state index < -0.39 is 0 Å². The molecule has 1 aromatic rings. The Kier molecular flexibility index (Phi) is 1.83. The van der Waals surface area contributed by atoms with Gasteiger partial charge in [-0.3, -0.25) is 0 Å². The Morgan fingerprint density at radius 3 is 2.64 bits per heavy atom. The molecule has 0 spiro atoms. The molecule has 0 saturated carbocycles. The molecule has 2 aliphatic rings. The Labute approximate surface area is 84.8 Å². The third kappa shape index (κ3) is 1.54. The first kappa shape index (κ1) is 7.38. The zero-order valence-corrected chi connectivity index (χ0v) is 9.91. The van der Waals surface area contributed by atoms with Crippen molar-refractivity contribution >= 4 is 44.0 Å². The molecule has 2 saturated heterocycles. The summed E-state index contributed by atoms with van der Waals surface area (Å²) in [6.45, 7) is 0. The van der Waals surface area contributed by atoms with Gasteiger partial charge in [0.2, 0.25) is 0 Å². The molecule has 3 heterocycles. The standard InChI is InChI=1S/C8H8S2Te/c1-5(6-2-9-6)4-11-8(1)7-3-10-7/h1,4,6-7H,2-3H2. The summed E-state index contributed by atoms with van der Waals surface area (Å²) in [7, 11) is 0. The molecule has 1 aromatic heterocycles. The van der Waals surface area contributed by atoms with E-state index in [2.05, 4.69) is 33.7 Å². The first-order valence-electron chi connectivity index (χ1n) is 3.75. The first-order chi connectivity index (χ1) is 5.43. The Morgan fingerprint density at radius 2 is 2.00 bits per heavy atom. The molecule has 3 heteroatoms. The van der Waals surface area contributed by atoms with Crippen LogP contribution in [0.4, 0.5) is 0 Å². The van der Waals surface area contributed by atoms with E-state index in [1.807, 2.05) is 3.58 Å². The Morgan fingerprint density at radius 1 is 1.27 bits per heavy atom. The molecule has 0 N–H and O–H groups in total. The van der Waals surface area contributed by atoms with E-state index in [0.717, 1.165) is 10.5 Å². The molecule has 58 valence electrons. The molecule has 3 rings (SSSR count). The third-order valence-corrected chi connectivity index (χ3v) is 7.36. The van der Waals surface area contributed by atoms with Crippen molar-refractivity contribution in [3.63, 3.8) is 0 Å². The van der Waals surface area contributed by atoms with E-state index in [4.69, 9.17) is 0 Å². The number of rotatable bonds is 2. The maximum absolute atomic E-state index is 2.56. The van der Waals surface area contributed by atoms with Gasteiger partial charge in [0.15, 0.2) is 0 Å². The minimum absolute atomic E-state index is 0.162. The molecule has 0 bridgehead atoms. The molecule has 2 unspecified atom stereocenters. The van der Waals surface area contributed by atoms with Gasteiger partial charge in [-0.1, -0.05) is 0 Å². The minimum atomic E-state index is 0.162. The van der Waals surface area contributed by atoms with Crippen molar-refractivity contribution in [3.05, 3.63) is 19.3 Å². The topological polar surface area (TPSA) is 0 Å². The van der Waals surface area contributed by atoms with Gasteiger partial charge < -0.3 is 0 Å². The van der Waals surface area contributed by atoms with Gasteiger partial charge >= 0.3 is 85.3 Å². The summed E-state index contributed by atoms with van der Waals surface area (Å²) in [5, 5.41) is 1.89. The van der Waals surface area contributed by atoms with Crippen LogP contribution in [0.3, 0.4) is 0 Å². The predicted octanol–water partition coefficient (Wildman–Crippen LogP) is 2.32. The van der Waals surface area contributed by atoms with Gasteiger partial charge in [-0.05, 0) is 0 Å². The summed E-state index contributed by atoms with van der Waals surface area (Å²) in [4.78, 5) is 0. The average molecular weight is 296 g/mol. The second-order valence-electron chi connectivity index (χ2n) is 2.93. The van der Waals surface area contributed by atoms with E-state index in [-0.39, 0.29) is 20.4 Å². The summed E-state index contributed by atoms with van der Waals surface area (Å²) in [5.41, 5.74) is 1.68. The fourth-order valence-corrected chi connectivity index (χ4v) is 6.53. The van der Waals surface area contributed by atoms with Crippen molar-refractivity contribution in [1.29, 1.82) is 0 Å². The number of hydrogen-bond donors (Lipinski definition) is 0. The zero-order chi connectivity index (χ0) is 7.26. The molecular weight excluding hydrogens is 288 g/mol. The normalized spacial score (nSPS) is 33.8. The molecule has 0 aromatic carbocycles. The van der Waals surface area contributed by atoms with Gasteiger partial charge in [0.25, 0.3) is 0 Å². The Balaban J connectivity index is 1.88. The molecule has 0 amide bonds. The van der Waals surface area contributed by atoms with E-state index in [0.29, 0.717) is 0 Å². The van der Waals surface area contributed by atoms with Gasteiger partial charge in [-0.25, -0.2) is 0 Å². The van der Waals surface area contributed by atoms with Gasteiger partial charge in [-0.15, -0.1) is 0 Å². The average Bonchev–Trinajstić information content (AvgIpc) is 2.90. The van der Waals surface area contributed by atoms with Crippen LogP contribution in [-0.2, 0) is 0 Å². The number of thioether (sulfide) groups is 2. The second kappa shape index (κ2) is 2.73. The summed E-state index contributed by atoms with van der Waals surface area (Å²) >= 11 is 4.39. The molecule has 0 aliphatic carbocycles. The van der Waals surface area contributed by atoms with Crippen LogP contribution in [0, 0.1) is 0 Å². The number of hydrogen-bond acceptors (Lipinski definition) is 2. The van der Waals surface area contributed by atoms with Crippen molar-refractivity contribution in [3.8, 4) is 0 Å². The maximum atomic E-state index is 2.56. The summed E-state index contributed by atoms with van der Waals surface area (Å²) in [6, 6.07) is 2.51. The van der Waals surface area contributed by atoms with Crippen LogP contribution >= 0.6 is 23.5 Å². The first-order valence-corrected chi connectivity index (χ1v) is 8.36. The summed E-state index contributed by atoms with van der Waals surface area (Å²) in [5.74, 6) is 2.80. The van der Waals surface area contributed by atoms with Crippen LogP contribution in [0.5, 0.6) is 0 Å². The quantitative estimate of drug-likeness (QED) is 0.607. The van der Waals surface area contributed by atoms with Crippen LogP contribution < -0.4 is 0 Å². The molecule has 2 fully saturated rings. The van der Waals surface area contributed by atoms with Crippen molar-refractivity contribution in [2.75, 3.05) is 11.5 Å². The van der Waals surface area contributed by atoms with Crippen molar-refractivity contribution in [2.24, 2.45) is 0 Å². The van der Waals surface area contributed by atoms with Crippen molar-refractivity contribution < 1.29 is 0 Å². The zero-order valence-electron chi connectivity index (χ0n) is 5.95. The van der Waals surface area contributed by atoms with Gasteiger partial charge in [0, 0.05) is 0 Å². The molecule has 2 aliphatic heterocycles. The fraction of sp³-hybridized carbons (Fsp3) is 0.500. The van der Waals surface area contributed by atoms with Crippen molar-refractivity contribution in [2.45, 2.75) is 10.5 Å². The molecule has 11 heavy (non-hydrogen) atoms. The predicted molar refractivity (Wildman–Crippen MR) is 53.8 cm³/mol. The molecule has 0 radical (unpaired) electrons. The monoisotopic (exact) mass is 298 g/mol. The van der Waals surface area contributed by atoms with E-state index in [1.165, 1.54) is 11.5 Å². The van der Waals surface area contributed by atoms with E-state index >= 15 is 0 Å². The van der Waals surface area contributed by atoms with Crippen LogP contribution in [0.15, 0.2) is 10.1 Å². The van der Waals surface area contributed by atoms with E-state index in [1.54, 1.807) is 5.56 Å². The van der Waals surface area contributed by atoms with Gasteiger partial charge in [0.1, 0.15) is 0 Å². The summed E-state index contributed by atoms with van der Waals surface area (Å²) < 4.78 is 4.38. The Hall–Kier alpha value is 0.970. The molecule has 0 nitrogen and oxygen atoms in total. The third-order valence-electron chi connectivity index (χ3n) is 2.00. The SMILES string of the molecule is c1[te]c(C2CS2)cc1C1CS1. The second-order valence-corrected chi connectivity index (χ2v) is 8.09. The van der Waals surface area contributed by atoms with E-state index in [9.17, 15) is 0 Å². The van der Waals surface area contributed by atoms with Gasteiger partial charge in [0.05, 0.1) is 0 Å². The van der Waals surface area contributed by atoms with Crippen LogP contribution in [-0.4, -0.2) is 31.9 Å². The van der Waals surface area contributed by atoms with Crippen molar-refractivity contribution in [1.82, 2.24) is 0 Å². The van der Waals surface area contributed by atoms with Crippen LogP contribution in [0.2, 0.25) is 0 Å². The van der Waals surface area contributed by atoms with Crippen LogP contribution in [0.25, 0.3) is 0 Å². The fourth-order valence-electron chi connectivity index (χ4n) is 1.16.